The van der Waals surface area contributed by atoms with Gasteiger partial charge in [0.1, 0.15) is 0 Å². The molecular formula is C13H18ClN3. The predicted octanol–water partition coefficient (Wildman–Crippen LogP) is 1.77. The van der Waals surface area contributed by atoms with E-state index in [1.54, 1.807) is 6.20 Å². The lowest BCUT2D eigenvalue weighted by Crippen LogP contribution is -2.32. The van der Waals surface area contributed by atoms with Gasteiger partial charge in [0.15, 0.2) is 0 Å². The molecule has 3 unspecified atom stereocenters. The molecule has 17 heavy (non-hydrogen) atoms. The Morgan fingerprint density at radius 3 is 3.18 bits per heavy atom. The topological polar surface area (TPSA) is 28.2 Å². The molecule has 0 spiro atoms. The van der Waals surface area contributed by atoms with Gasteiger partial charge in [0.2, 0.25) is 0 Å². The molecule has 0 amide bonds. The number of pyridine rings is 1. The molecule has 2 fully saturated rings. The van der Waals surface area contributed by atoms with Crippen molar-refractivity contribution in [1.29, 1.82) is 0 Å². The van der Waals surface area contributed by atoms with Crippen LogP contribution in [0.2, 0.25) is 5.02 Å². The molecule has 2 saturated heterocycles. The summed E-state index contributed by atoms with van der Waals surface area (Å²) < 4.78 is 0. The smallest absolute Gasteiger partial charge is 0.0558 e. The standard InChI is InChI=1S/C13H18ClN3/c1-9-13-6-15-5-10(13)7-17(9)8-12-4-11(14)2-3-16-12/h2-4,9-10,13,15H,5-8H2,1H3. The van der Waals surface area contributed by atoms with Crippen molar-refractivity contribution in [3.8, 4) is 0 Å². The lowest BCUT2D eigenvalue weighted by atomic mass is 9.95. The number of nitrogens with one attached hydrogen (secondary N) is 1. The van der Waals surface area contributed by atoms with Gasteiger partial charge in [0, 0.05) is 30.4 Å². The van der Waals surface area contributed by atoms with Crippen LogP contribution in [0.3, 0.4) is 0 Å². The molecule has 0 bridgehead atoms. The van der Waals surface area contributed by atoms with Crippen molar-refractivity contribution in [2.24, 2.45) is 11.8 Å². The maximum Gasteiger partial charge on any atom is 0.0558 e. The van der Waals surface area contributed by atoms with Crippen LogP contribution in [0.4, 0.5) is 0 Å². The molecule has 3 heterocycles. The van der Waals surface area contributed by atoms with E-state index in [0.717, 1.165) is 29.1 Å². The fraction of sp³-hybridized carbons (Fsp3) is 0.615. The third-order valence-corrected chi connectivity index (χ3v) is 4.44. The molecule has 3 atom stereocenters. The maximum absolute atomic E-state index is 5.99. The zero-order valence-corrected chi connectivity index (χ0v) is 10.8. The molecule has 4 heteroatoms. The number of hydrogen-bond acceptors (Lipinski definition) is 3. The lowest BCUT2D eigenvalue weighted by Gasteiger charge is -2.23. The molecule has 0 aromatic carbocycles. The van der Waals surface area contributed by atoms with Crippen molar-refractivity contribution >= 4 is 11.6 Å². The molecule has 0 aliphatic carbocycles. The quantitative estimate of drug-likeness (QED) is 0.869. The van der Waals surface area contributed by atoms with Gasteiger partial charge in [-0.2, -0.15) is 0 Å². The Bertz CT molecular complexity index is 409. The zero-order chi connectivity index (χ0) is 11.8. The average Bonchev–Trinajstić information content (AvgIpc) is 2.84. The van der Waals surface area contributed by atoms with Gasteiger partial charge in [-0.25, -0.2) is 0 Å². The number of halogens is 1. The molecule has 2 aliphatic heterocycles. The highest BCUT2D eigenvalue weighted by molar-refractivity contribution is 6.30. The Balaban J connectivity index is 1.70. The van der Waals surface area contributed by atoms with Crippen LogP contribution < -0.4 is 5.32 Å². The minimum absolute atomic E-state index is 0.649. The lowest BCUT2D eigenvalue weighted by molar-refractivity contribution is 0.229. The van der Waals surface area contributed by atoms with E-state index in [4.69, 9.17) is 11.6 Å². The van der Waals surface area contributed by atoms with Crippen molar-refractivity contribution in [2.45, 2.75) is 19.5 Å². The van der Waals surface area contributed by atoms with Crippen molar-refractivity contribution in [2.75, 3.05) is 19.6 Å². The highest BCUT2D eigenvalue weighted by Crippen LogP contribution is 2.33. The first kappa shape index (κ1) is 11.5. The molecule has 0 saturated carbocycles. The van der Waals surface area contributed by atoms with Gasteiger partial charge in [-0.15, -0.1) is 0 Å². The van der Waals surface area contributed by atoms with Gasteiger partial charge in [-0.1, -0.05) is 11.6 Å². The fourth-order valence-electron chi connectivity index (χ4n) is 3.21. The summed E-state index contributed by atoms with van der Waals surface area (Å²) in [5.41, 5.74) is 1.08. The fourth-order valence-corrected chi connectivity index (χ4v) is 3.39. The summed E-state index contributed by atoms with van der Waals surface area (Å²) in [6.45, 7) is 6.80. The summed E-state index contributed by atoms with van der Waals surface area (Å²) in [6, 6.07) is 4.45. The normalized spacial score (nSPS) is 32.9. The van der Waals surface area contributed by atoms with E-state index in [0.29, 0.717) is 6.04 Å². The summed E-state index contributed by atoms with van der Waals surface area (Å²) in [5, 5.41) is 4.27. The predicted molar refractivity (Wildman–Crippen MR) is 69.0 cm³/mol. The van der Waals surface area contributed by atoms with E-state index < -0.39 is 0 Å². The van der Waals surface area contributed by atoms with Gasteiger partial charge in [0.05, 0.1) is 5.69 Å². The molecule has 1 N–H and O–H groups in total. The largest absolute Gasteiger partial charge is 0.316 e. The van der Waals surface area contributed by atoms with Gasteiger partial charge >= 0.3 is 0 Å². The molecule has 1 aromatic heterocycles. The maximum atomic E-state index is 5.99. The zero-order valence-electron chi connectivity index (χ0n) is 10.1. The molecule has 3 nitrogen and oxygen atoms in total. The van der Waals surface area contributed by atoms with Crippen LogP contribution in [-0.2, 0) is 6.54 Å². The minimum Gasteiger partial charge on any atom is -0.316 e. The summed E-state index contributed by atoms with van der Waals surface area (Å²) >= 11 is 5.99. The third-order valence-electron chi connectivity index (χ3n) is 4.20. The van der Waals surface area contributed by atoms with Crippen LogP contribution in [0, 0.1) is 11.8 Å². The van der Waals surface area contributed by atoms with Crippen LogP contribution in [-0.4, -0.2) is 35.6 Å². The van der Waals surface area contributed by atoms with E-state index >= 15 is 0 Å². The van der Waals surface area contributed by atoms with Crippen LogP contribution in [0.15, 0.2) is 18.3 Å². The van der Waals surface area contributed by atoms with E-state index in [1.165, 1.54) is 19.6 Å². The molecular weight excluding hydrogens is 234 g/mol. The number of likely N-dealkylation sites (tertiary alicyclic amines) is 1. The van der Waals surface area contributed by atoms with E-state index in [2.05, 4.69) is 22.1 Å². The van der Waals surface area contributed by atoms with Crippen LogP contribution in [0.5, 0.6) is 0 Å². The number of fused-ring (bicyclic) bond motifs is 1. The second kappa shape index (κ2) is 4.56. The molecule has 3 rings (SSSR count). The number of nitrogens with zero attached hydrogens (tertiary/aromatic N) is 2. The minimum atomic E-state index is 0.649. The molecule has 1 aromatic rings. The van der Waals surface area contributed by atoms with Crippen molar-refractivity contribution < 1.29 is 0 Å². The number of hydrogen-bond donors (Lipinski definition) is 1. The van der Waals surface area contributed by atoms with Crippen molar-refractivity contribution in [3.05, 3.63) is 29.0 Å². The van der Waals surface area contributed by atoms with Gasteiger partial charge < -0.3 is 5.32 Å². The first-order valence-corrected chi connectivity index (χ1v) is 6.67. The SMILES string of the molecule is CC1C2CNCC2CN1Cc1cc(Cl)ccn1. The highest BCUT2D eigenvalue weighted by Gasteiger charge is 2.41. The summed E-state index contributed by atoms with van der Waals surface area (Å²) in [6.07, 6.45) is 1.79. The Hall–Kier alpha value is -0.640. The second-order valence-electron chi connectivity index (χ2n) is 5.22. The molecule has 92 valence electrons. The number of rotatable bonds is 2. The summed E-state index contributed by atoms with van der Waals surface area (Å²) in [4.78, 5) is 6.93. The first-order valence-electron chi connectivity index (χ1n) is 6.29. The third kappa shape index (κ3) is 2.19. The number of aromatic nitrogens is 1. The van der Waals surface area contributed by atoms with Gasteiger partial charge in [-0.3, -0.25) is 9.88 Å². The Labute approximate surface area is 107 Å². The summed E-state index contributed by atoms with van der Waals surface area (Å²) in [7, 11) is 0. The van der Waals surface area contributed by atoms with Crippen molar-refractivity contribution in [3.63, 3.8) is 0 Å². The van der Waals surface area contributed by atoms with E-state index in [1.807, 2.05) is 12.1 Å². The van der Waals surface area contributed by atoms with Gasteiger partial charge in [-0.05, 0) is 44.0 Å². The average molecular weight is 252 g/mol. The van der Waals surface area contributed by atoms with Crippen LogP contribution >= 0.6 is 11.6 Å². The Morgan fingerprint density at radius 1 is 1.53 bits per heavy atom. The molecule has 0 radical (unpaired) electrons. The molecule has 2 aliphatic rings. The summed E-state index contributed by atoms with van der Waals surface area (Å²) in [5.74, 6) is 1.64. The van der Waals surface area contributed by atoms with Gasteiger partial charge in [0.25, 0.3) is 0 Å². The second-order valence-corrected chi connectivity index (χ2v) is 5.65. The highest BCUT2D eigenvalue weighted by atomic mass is 35.5. The van der Waals surface area contributed by atoms with E-state index in [-0.39, 0.29) is 0 Å². The first-order chi connectivity index (χ1) is 8.24. The van der Waals surface area contributed by atoms with E-state index in [9.17, 15) is 0 Å². The van der Waals surface area contributed by atoms with Crippen molar-refractivity contribution in [1.82, 2.24) is 15.2 Å². The Kier molecular flexibility index (Phi) is 3.07. The van der Waals surface area contributed by atoms with Crippen LogP contribution in [0.25, 0.3) is 0 Å². The van der Waals surface area contributed by atoms with Crippen LogP contribution in [0.1, 0.15) is 12.6 Å². The Morgan fingerprint density at radius 2 is 2.41 bits per heavy atom. The monoisotopic (exact) mass is 251 g/mol.